The number of hydrogen-bond acceptors (Lipinski definition) is 5. The first-order valence-electron chi connectivity index (χ1n) is 8.42. The molecule has 0 spiro atoms. The molecule has 27 heavy (non-hydrogen) atoms. The van der Waals surface area contributed by atoms with Gasteiger partial charge < -0.3 is 14.8 Å². The Morgan fingerprint density at radius 3 is 2.11 bits per heavy atom. The Hall–Kier alpha value is -2.06. The summed E-state index contributed by atoms with van der Waals surface area (Å²) in [6.45, 7) is 4.76. The van der Waals surface area contributed by atoms with Gasteiger partial charge in [-0.2, -0.15) is 0 Å². The van der Waals surface area contributed by atoms with Crippen molar-refractivity contribution >= 4 is 37.4 Å². The Morgan fingerprint density at radius 2 is 1.59 bits per heavy atom. The molecule has 6 nitrogen and oxygen atoms in total. The van der Waals surface area contributed by atoms with Crippen molar-refractivity contribution in [1.82, 2.24) is 0 Å². The van der Waals surface area contributed by atoms with E-state index in [4.69, 9.17) is 9.47 Å². The fourth-order valence-corrected chi connectivity index (χ4v) is 3.51. The van der Waals surface area contributed by atoms with Gasteiger partial charge in [-0.1, -0.05) is 15.9 Å². The summed E-state index contributed by atoms with van der Waals surface area (Å²) in [5.41, 5.74) is 1.28. The van der Waals surface area contributed by atoms with Crippen LogP contribution in [0.2, 0.25) is 0 Å². The van der Waals surface area contributed by atoms with E-state index < -0.39 is 9.84 Å². The topological polar surface area (TPSA) is 81.7 Å². The zero-order valence-corrected chi connectivity index (χ0v) is 17.8. The van der Waals surface area contributed by atoms with Crippen molar-refractivity contribution in [2.75, 3.05) is 24.8 Å². The lowest BCUT2D eigenvalue weighted by atomic mass is 10.1. The number of hydrogen-bond donors (Lipinski definition) is 1. The summed E-state index contributed by atoms with van der Waals surface area (Å²) in [4.78, 5) is 12.6. The van der Waals surface area contributed by atoms with E-state index in [1.165, 1.54) is 12.1 Å². The first kappa shape index (κ1) is 21.2. The van der Waals surface area contributed by atoms with Crippen molar-refractivity contribution in [1.29, 1.82) is 0 Å². The molecule has 0 aliphatic heterocycles. The minimum absolute atomic E-state index is 0.126. The third kappa shape index (κ3) is 5.97. The van der Waals surface area contributed by atoms with Crippen LogP contribution in [-0.4, -0.2) is 33.8 Å². The molecule has 0 heterocycles. The summed E-state index contributed by atoms with van der Waals surface area (Å²) in [7, 11) is -3.27. The lowest BCUT2D eigenvalue weighted by Gasteiger charge is -2.14. The number of anilines is 1. The maximum Gasteiger partial charge on any atom is 0.228 e. The van der Waals surface area contributed by atoms with Gasteiger partial charge in [0.25, 0.3) is 0 Å². The second-order valence-electron chi connectivity index (χ2n) is 5.78. The monoisotopic (exact) mass is 455 g/mol. The van der Waals surface area contributed by atoms with E-state index in [0.29, 0.717) is 30.4 Å². The molecule has 0 bridgehead atoms. The van der Waals surface area contributed by atoms with E-state index in [9.17, 15) is 13.2 Å². The third-order valence-electron chi connectivity index (χ3n) is 3.63. The number of benzene rings is 2. The lowest BCUT2D eigenvalue weighted by Crippen LogP contribution is -2.15. The molecule has 2 aromatic carbocycles. The van der Waals surface area contributed by atoms with Crippen LogP contribution in [0.5, 0.6) is 11.5 Å². The van der Waals surface area contributed by atoms with Crippen molar-refractivity contribution in [3.63, 3.8) is 0 Å². The fourth-order valence-electron chi connectivity index (χ4n) is 2.41. The molecule has 0 saturated carbocycles. The molecule has 0 saturated heterocycles. The van der Waals surface area contributed by atoms with Crippen molar-refractivity contribution < 1.29 is 22.7 Å². The number of carbonyl (C=O) groups is 1. The Balaban J connectivity index is 2.14. The molecule has 0 aromatic heterocycles. The summed E-state index contributed by atoms with van der Waals surface area (Å²) in [6.07, 6.45) is 1.26. The van der Waals surface area contributed by atoms with Crippen LogP contribution in [0.3, 0.4) is 0 Å². The molecule has 2 aromatic rings. The molecule has 0 aliphatic carbocycles. The first-order chi connectivity index (χ1) is 12.7. The molecule has 0 aliphatic rings. The molecule has 0 unspecified atom stereocenters. The molecular formula is C19H22BrNO5S. The van der Waals surface area contributed by atoms with E-state index in [2.05, 4.69) is 21.2 Å². The van der Waals surface area contributed by atoms with E-state index in [0.717, 1.165) is 16.3 Å². The summed E-state index contributed by atoms with van der Waals surface area (Å²) in [6, 6.07) is 9.62. The molecule has 8 heteroatoms. The quantitative estimate of drug-likeness (QED) is 0.653. The van der Waals surface area contributed by atoms with Crippen LogP contribution in [-0.2, 0) is 21.1 Å². The van der Waals surface area contributed by atoms with Crippen LogP contribution in [0.4, 0.5) is 5.69 Å². The van der Waals surface area contributed by atoms with Gasteiger partial charge in [-0.25, -0.2) is 8.42 Å². The zero-order chi connectivity index (χ0) is 20.0. The van der Waals surface area contributed by atoms with Gasteiger partial charge in [0.1, 0.15) is 0 Å². The van der Waals surface area contributed by atoms with Crippen LogP contribution in [0.1, 0.15) is 19.4 Å². The lowest BCUT2D eigenvalue weighted by molar-refractivity contribution is -0.115. The van der Waals surface area contributed by atoms with Crippen LogP contribution in [0.15, 0.2) is 45.8 Å². The Morgan fingerprint density at radius 1 is 1.04 bits per heavy atom. The number of amides is 1. The standard InChI is InChI=1S/C19H22BrNO5S/c1-4-25-17-10-13(16(20)12-18(17)26-5-2)11-19(22)21-14-6-8-15(9-7-14)27(3,23)24/h6-10,12H,4-5,11H2,1-3H3,(H,21,22). The van der Waals surface area contributed by atoms with Crippen LogP contribution >= 0.6 is 15.9 Å². The van der Waals surface area contributed by atoms with Gasteiger partial charge >= 0.3 is 0 Å². The normalized spacial score (nSPS) is 11.1. The van der Waals surface area contributed by atoms with Crippen LogP contribution in [0.25, 0.3) is 0 Å². The SMILES string of the molecule is CCOc1cc(Br)c(CC(=O)Nc2ccc(S(C)(=O)=O)cc2)cc1OCC. The minimum Gasteiger partial charge on any atom is -0.490 e. The van der Waals surface area contributed by atoms with Gasteiger partial charge in [0, 0.05) is 16.4 Å². The largest absolute Gasteiger partial charge is 0.490 e. The number of ether oxygens (including phenoxy) is 2. The van der Waals surface area contributed by atoms with Gasteiger partial charge in [0.15, 0.2) is 21.3 Å². The summed E-state index contributed by atoms with van der Waals surface area (Å²) < 4.78 is 34.9. The Kier molecular flexibility index (Phi) is 7.26. The molecular weight excluding hydrogens is 434 g/mol. The van der Waals surface area contributed by atoms with E-state index in [1.54, 1.807) is 24.3 Å². The van der Waals surface area contributed by atoms with Crippen LogP contribution in [0, 0.1) is 0 Å². The minimum atomic E-state index is -3.27. The summed E-state index contributed by atoms with van der Waals surface area (Å²) in [5.74, 6) is 0.976. The van der Waals surface area contributed by atoms with Crippen molar-refractivity contribution in [3.8, 4) is 11.5 Å². The molecule has 0 fully saturated rings. The second kappa shape index (κ2) is 9.23. The first-order valence-corrected chi connectivity index (χ1v) is 11.1. The average Bonchev–Trinajstić information content (AvgIpc) is 2.59. The predicted molar refractivity (Wildman–Crippen MR) is 108 cm³/mol. The van der Waals surface area contributed by atoms with Crippen molar-refractivity contribution in [2.45, 2.75) is 25.2 Å². The van der Waals surface area contributed by atoms with Gasteiger partial charge in [-0.3, -0.25) is 4.79 Å². The maximum absolute atomic E-state index is 12.4. The maximum atomic E-state index is 12.4. The Labute approximate surface area is 167 Å². The zero-order valence-electron chi connectivity index (χ0n) is 15.4. The van der Waals surface area contributed by atoms with E-state index in [-0.39, 0.29) is 17.2 Å². The number of carbonyl (C=O) groups excluding carboxylic acids is 1. The van der Waals surface area contributed by atoms with E-state index >= 15 is 0 Å². The highest BCUT2D eigenvalue weighted by Gasteiger charge is 2.14. The molecule has 2 rings (SSSR count). The number of sulfone groups is 1. The van der Waals surface area contributed by atoms with Crippen molar-refractivity contribution in [2.24, 2.45) is 0 Å². The number of halogens is 1. The van der Waals surface area contributed by atoms with Crippen LogP contribution < -0.4 is 14.8 Å². The fraction of sp³-hybridized carbons (Fsp3) is 0.316. The molecule has 146 valence electrons. The molecule has 0 radical (unpaired) electrons. The molecule has 1 amide bonds. The summed E-state index contributed by atoms with van der Waals surface area (Å²) >= 11 is 3.47. The number of rotatable bonds is 8. The highest BCUT2D eigenvalue weighted by Crippen LogP contribution is 2.34. The van der Waals surface area contributed by atoms with Gasteiger partial charge in [-0.15, -0.1) is 0 Å². The predicted octanol–water partition coefficient (Wildman–Crippen LogP) is 3.83. The smallest absolute Gasteiger partial charge is 0.228 e. The summed E-state index contributed by atoms with van der Waals surface area (Å²) in [5, 5.41) is 2.76. The van der Waals surface area contributed by atoms with Gasteiger partial charge in [0.05, 0.1) is 24.5 Å². The molecule has 1 N–H and O–H groups in total. The van der Waals surface area contributed by atoms with Gasteiger partial charge in [0.2, 0.25) is 5.91 Å². The van der Waals surface area contributed by atoms with E-state index in [1.807, 2.05) is 13.8 Å². The Bertz CT molecular complexity index is 910. The molecule has 0 atom stereocenters. The van der Waals surface area contributed by atoms with Crippen molar-refractivity contribution in [3.05, 3.63) is 46.4 Å². The average molecular weight is 456 g/mol. The third-order valence-corrected chi connectivity index (χ3v) is 5.50. The van der Waals surface area contributed by atoms with Gasteiger partial charge in [-0.05, 0) is 55.8 Å². The second-order valence-corrected chi connectivity index (χ2v) is 8.65. The highest BCUT2D eigenvalue weighted by atomic mass is 79.9. The highest BCUT2D eigenvalue weighted by molar-refractivity contribution is 9.10. The number of nitrogens with one attached hydrogen (secondary N) is 1.